The number of benzene rings is 1. The molecule has 180 valence electrons. The van der Waals surface area contributed by atoms with Crippen molar-refractivity contribution in [2.24, 2.45) is 5.41 Å². The zero-order valence-corrected chi connectivity index (χ0v) is 21.4. The van der Waals surface area contributed by atoms with Gasteiger partial charge in [0.2, 0.25) is 5.91 Å². The molecule has 4 rings (SSSR count). The normalized spacial score (nSPS) is 18.5. The predicted molar refractivity (Wildman–Crippen MR) is 134 cm³/mol. The molecule has 3 N–H and O–H groups in total. The maximum absolute atomic E-state index is 13.2. The number of halogens is 2. The number of H-pyrrole nitrogens is 1. The van der Waals surface area contributed by atoms with Gasteiger partial charge in [0.1, 0.15) is 16.1 Å². The van der Waals surface area contributed by atoms with Crippen molar-refractivity contribution >= 4 is 62.5 Å². The molecule has 10 heteroatoms. The van der Waals surface area contributed by atoms with Gasteiger partial charge in [-0.3, -0.25) is 9.59 Å². The third kappa shape index (κ3) is 4.30. The number of aliphatic carboxylic acids is 1. The van der Waals surface area contributed by atoms with Gasteiger partial charge in [-0.15, -0.1) is 11.3 Å². The quantitative estimate of drug-likeness (QED) is 0.424. The van der Waals surface area contributed by atoms with Crippen LogP contribution in [0.2, 0.25) is 9.36 Å². The van der Waals surface area contributed by atoms with E-state index in [9.17, 15) is 19.5 Å². The maximum Gasteiger partial charge on any atom is 0.326 e. The van der Waals surface area contributed by atoms with Gasteiger partial charge in [-0.2, -0.15) is 0 Å². The zero-order valence-electron chi connectivity index (χ0n) is 19.1. The Labute approximate surface area is 211 Å². The van der Waals surface area contributed by atoms with Crippen LogP contribution >= 0.6 is 34.5 Å². The summed E-state index contributed by atoms with van der Waals surface area (Å²) in [6.45, 7) is 6.73. The highest BCUT2D eigenvalue weighted by Gasteiger charge is 2.47. The number of hydrogen-bond acceptors (Lipinski definition) is 4. The molecular weight excluding hydrogens is 497 g/mol. The summed E-state index contributed by atoms with van der Waals surface area (Å²) in [6, 6.07) is 7.01. The number of carbonyl (C=O) groups excluding carboxylic acids is 2. The van der Waals surface area contributed by atoms with Crippen LogP contribution in [0, 0.1) is 5.41 Å². The van der Waals surface area contributed by atoms with Gasteiger partial charge in [-0.05, 0) is 29.0 Å². The van der Waals surface area contributed by atoms with Crippen LogP contribution in [0.3, 0.4) is 0 Å². The number of hydrogen-bond donors (Lipinski definition) is 3. The second-order valence-corrected chi connectivity index (χ2v) is 11.6. The molecule has 0 saturated carbocycles. The largest absolute Gasteiger partial charge is 0.480 e. The van der Waals surface area contributed by atoms with Crippen LogP contribution in [0.25, 0.3) is 10.2 Å². The summed E-state index contributed by atoms with van der Waals surface area (Å²) in [5, 5.41) is 13.5. The molecule has 0 spiro atoms. The summed E-state index contributed by atoms with van der Waals surface area (Å²) in [6.07, 6.45) is 0.467. The van der Waals surface area contributed by atoms with E-state index in [2.05, 4.69) is 10.3 Å². The van der Waals surface area contributed by atoms with Crippen molar-refractivity contribution in [2.75, 3.05) is 0 Å². The minimum absolute atomic E-state index is 0.314. The third-order valence-electron chi connectivity index (χ3n) is 6.12. The Bertz CT molecular complexity index is 1290. The SMILES string of the molecule is CC(=O)N(C(C(=O)O)C(C)(C)C)[C@@H]1c2ccccc2C[C@H]1NC(=O)c1cc2sc(Cl)c(Cl)c2[nH]1. The molecule has 0 fully saturated rings. The monoisotopic (exact) mass is 521 g/mol. The van der Waals surface area contributed by atoms with Crippen LogP contribution in [0.5, 0.6) is 0 Å². The molecule has 0 saturated heterocycles. The number of nitrogens with one attached hydrogen (secondary N) is 2. The molecule has 3 aromatic rings. The number of carboxylic acid groups (broad SMARTS) is 1. The van der Waals surface area contributed by atoms with Crippen LogP contribution in [0.1, 0.15) is 55.4 Å². The number of fused-ring (bicyclic) bond motifs is 2. The smallest absolute Gasteiger partial charge is 0.326 e. The topological polar surface area (TPSA) is 102 Å². The lowest BCUT2D eigenvalue weighted by Gasteiger charge is -2.42. The summed E-state index contributed by atoms with van der Waals surface area (Å²) in [5.74, 6) is -1.83. The number of carbonyl (C=O) groups is 3. The van der Waals surface area contributed by atoms with Crippen LogP contribution in [0.15, 0.2) is 30.3 Å². The Morgan fingerprint density at radius 3 is 2.50 bits per heavy atom. The van der Waals surface area contributed by atoms with Crippen LogP contribution < -0.4 is 5.32 Å². The van der Waals surface area contributed by atoms with Gasteiger partial charge in [-0.25, -0.2) is 4.79 Å². The molecular formula is C24H25Cl2N3O4S. The molecule has 0 radical (unpaired) electrons. The Morgan fingerprint density at radius 1 is 1.24 bits per heavy atom. The van der Waals surface area contributed by atoms with Crippen LogP contribution in [0.4, 0.5) is 0 Å². The Balaban J connectivity index is 1.72. The first-order chi connectivity index (χ1) is 15.9. The minimum atomic E-state index is -1.09. The molecule has 1 unspecified atom stereocenters. The maximum atomic E-state index is 13.2. The number of thiophene rings is 1. The standard InChI is InChI=1S/C24H25Cl2N3O4S/c1-11(30)29(20(23(32)33)24(2,3)4)19-13-8-6-5-7-12(13)9-14(19)28-22(31)15-10-16-18(27-15)17(25)21(26)34-16/h5-8,10,14,19-20,27H,9H2,1-4H3,(H,28,31)(H,32,33)/t14-,19-,20?/m1/s1. The van der Waals surface area contributed by atoms with Gasteiger partial charge in [0.05, 0.1) is 27.3 Å². The first-order valence-electron chi connectivity index (χ1n) is 10.8. The molecule has 1 aromatic carbocycles. The van der Waals surface area contributed by atoms with Crippen LogP contribution in [-0.2, 0) is 16.0 Å². The number of nitrogens with zero attached hydrogens (tertiary/aromatic N) is 1. The van der Waals surface area contributed by atoms with E-state index in [0.717, 1.165) is 15.8 Å². The van der Waals surface area contributed by atoms with Gasteiger partial charge in [0.15, 0.2) is 0 Å². The second-order valence-electron chi connectivity index (χ2n) is 9.57. The average molecular weight is 522 g/mol. The highest BCUT2D eigenvalue weighted by atomic mass is 35.5. The lowest BCUT2D eigenvalue weighted by Crippen LogP contribution is -2.56. The summed E-state index contributed by atoms with van der Waals surface area (Å²) < 4.78 is 1.20. The van der Waals surface area contributed by atoms with E-state index >= 15 is 0 Å². The lowest BCUT2D eigenvalue weighted by molar-refractivity contribution is -0.157. The van der Waals surface area contributed by atoms with Crippen molar-refractivity contribution in [1.29, 1.82) is 0 Å². The number of rotatable bonds is 5. The summed E-state index contributed by atoms with van der Waals surface area (Å²) in [4.78, 5) is 42.9. The highest BCUT2D eigenvalue weighted by Crippen LogP contribution is 2.41. The van der Waals surface area contributed by atoms with E-state index in [-0.39, 0.29) is 11.8 Å². The zero-order chi connectivity index (χ0) is 24.9. The Kier molecular flexibility index (Phi) is 6.44. The van der Waals surface area contributed by atoms with Gasteiger partial charge in [0, 0.05) is 6.92 Å². The highest BCUT2D eigenvalue weighted by molar-refractivity contribution is 7.23. The Morgan fingerprint density at radius 2 is 1.91 bits per heavy atom. The second kappa shape index (κ2) is 8.91. The van der Waals surface area contributed by atoms with E-state index < -0.39 is 29.5 Å². The fourth-order valence-corrected chi connectivity index (χ4v) is 6.26. The number of aromatic nitrogens is 1. The fourth-order valence-electron chi connectivity index (χ4n) is 4.78. The molecule has 34 heavy (non-hydrogen) atoms. The molecule has 2 aromatic heterocycles. The van der Waals surface area contributed by atoms with Gasteiger partial charge in [-0.1, -0.05) is 68.2 Å². The molecule has 7 nitrogen and oxygen atoms in total. The number of carboxylic acids is 1. The summed E-state index contributed by atoms with van der Waals surface area (Å²) in [5.41, 5.74) is 1.97. The van der Waals surface area contributed by atoms with E-state index in [1.807, 2.05) is 24.3 Å². The van der Waals surface area contributed by atoms with Crippen molar-refractivity contribution in [2.45, 2.75) is 52.2 Å². The minimum Gasteiger partial charge on any atom is -0.480 e. The predicted octanol–water partition coefficient (Wildman–Crippen LogP) is 5.28. The molecule has 2 amide bonds. The van der Waals surface area contributed by atoms with Crippen LogP contribution in [-0.4, -0.2) is 44.9 Å². The van der Waals surface area contributed by atoms with Gasteiger partial charge >= 0.3 is 5.97 Å². The molecule has 0 aliphatic heterocycles. The third-order valence-corrected chi connectivity index (χ3v) is 8.06. The molecule has 1 aliphatic carbocycles. The van der Waals surface area contributed by atoms with Gasteiger partial charge < -0.3 is 20.3 Å². The van der Waals surface area contributed by atoms with Crippen molar-refractivity contribution in [3.8, 4) is 0 Å². The van der Waals surface area contributed by atoms with Crippen molar-refractivity contribution < 1.29 is 19.5 Å². The molecule has 1 aliphatic rings. The van der Waals surface area contributed by atoms with Crippen molar-refractivity contribution in [3.63, 3.8) is 0 Å². The first-order valence-corrected chi connectivity index (χ1v) is 12.3. The molecule has 0 bridgehead atoms. The van der Waals surface area contributed by atoms with E-state index in [0.29, 0.717) is 27.0 Å². The Hall–Kier alpha value is -2.55. The summed E-state index contributed by atoms with van der Waals surface area (Å²) in [7, 11) is 0. The lowest BCUT2D eigenvalue weighted by atomic mass is 9.84. The van der Waals surface area contributed by atoms with E-state index in [1.54, 1.807) is 26.8 Å². The van der Waals surface area contributed by atoms with Crippen molar-refractivity contribution in [3.05, 3.63) is 56.5 Å². The average Bonchev–Trinajstić information content (AvgIpc) is 3.37. The molecule has 3 atom stereocenters. The van der Waals surface area contributed by atoms with E-state index in [1.165, 1.54) is 23.2 Å². The van der Waals surface area contributed by atoms with E-state index in [4.69, 9.17) is 23.2 Å². The number of aromatic amines is 1. The summed E-state index contributed by atoms with van der Waals surface area (Å²) >= 11 is 13.6. The van der Waals surface area contributed by atoms with Gasteiger partial charge in [0.25, 0.3) is 5.91 Å². The first kappa shape index (κ1) is 24.6. The molecule has 2 heterocycles. The number of amides is 2. The van der Waals surface area contributed by atoms with Crippen molar-refractivity contribution in [1.82, 2.24) is 15.2 Å². The fraction of sp³-hybridized carbons (Fsp3) is 0.375.